The van der Waals surface area contributed by atoms with Crippen LogP contribution in [0.5, 0.6) is 0 Å². The minimum Gasteiger partial charge on any atom is -0.294 e. The second-order valence-electron chi connectivity index (χ2n) is 3.69. The summed E-state index contributed by atoms with van der Waals surface area (Å²) in [5, 5.41) is 0. The van der Waals surface area contributed by atoms with Gasteiger partial charge in [0.25, 0.3) is 0 Å². The fourth-order valence-corrected chi connectivity index (χ4v) is 3.54. The summed E-state index contributed by atoms with van der Waals surface area (Å²) in [6.45, 7) is 1.89. The molecule has 1 heterocycles. The molecule has 0 N–H and O–H groups in total. The van der Waals surface area contributed by atoms with Crippen LogP contribution in [-0.4, -0.2) is 11.5 Å². The first-order valence-electron chi connectivity index (χ1n) is 4.69. The van der Waals surface area contributed by atoms with E-state index in [1.165, 1.54) is 12.1 Å². The van der Waals surface area contributed by atoms with Gasteiger partial charge in [-0.15, -0.1) is 0 Å². The minimum absolute atomic E-state index is 0.0232. The second-order valence-corrected chi connectivity index (χ2v) is 5.58. The van der Waals surface area contributed by atoms with Crippen LogP contribution in [0.2, 0.25) is 0 Å². The molecule has 80 valence electrons. The number of hydrogen-bond donors (Lipinski definition) is 0. The summed E-state index contributed by atoms with van der Waals surface area (Å²) < 4.78 is 13.9. The van der Waals surface area contributed by atoms with E-state index in [2.05, 4.69) is 15.9 Å². The van der Waals surface area contributed by atoms with Gasteiger partial charge >= 0.3 is 0 Å². The molecule has 1 aromatic rings. The SMILES string of the molecule is CC1CSCc2c(Br)cc(F)cc2C1=O. The van der Waals surface area contributed by atoms with Gasteiger partial charge in [0.15, 0.2) is 5.78 Å². The molecule has 0 aromatic heterocycles. The van der Waals surface area contributed by atoms with Crippen LogP contribution in [0.1, 0.15) is 22.8 Å². The van der Waals surface area contributed by atoms with Gasteiger partial charge in [0, 0.05) is 27.5 Å². The van der Waals surface area contributed by atoms with Crippen molar-refractivity contribution in [3.05, 3.63) is 33.5 Å². The van der Waals surface area contributed by atoms with Crippen LogP contribution >= 0.6 is 27.7 Å². The first-order valence-corrected chi connectivity index (χ1v) is 6.64. The summed E-state index contributed by atoms with van der Waals surface area (Å²) in [6, 6.07) is 2.77. The third-order valence-corrected chi connectivity index (χ3v) is 4.42. The summed E-state index contributed by atoms with van der Waals surface area (Å²) in [5.41, 5.74) is 1.47. The van der Waals surface area contributed by atoms with E-state index in [0.717, 1.165) is 17.1 Å². The molecule has 0 radical (unpaired) electrons. The van der Waals surface area contributed by atoms with Crippen molar-refractivity contribution in [1.82, 2.24) is 0 Å². The third-order valence-electron chi connectivity index (χ3n) is 2.49. The van der Waals surface area contributed by atoms with E-state index >= 15 is 0 Å². The molecule has 0 amide bonds. The number of benzene rings is 1. The van der Waals surface area contributed by atoms with Gasteiger partial charge in [0.2, 0.25) is 0 Å². The zero-order chi connectivity index (χ0) is 11.0. The molecule has 0 saturated carbocycles. The van der Waals surface area contributed by atoms with E-state index in [4.69, 9.17) is 0 Å². The van der Waals surface area contributed by atoms with Crippen molar-refractivity contribution in [1.29, 1.82) is 0 Å². The highest BCUT2D eigenvalue weighted by molar-refractivity contribution is 9.10. The number of carbonyl (C=O) groups excluding carboxylic acids is 1. The molecule has 0 spiro atoms. The molecule has 1 aliphatic rings. The van der Waals surface area contributed by atoms with Crippen molar-refractivity contribution < 1.29 is 9.18 Å². The fourth-order valence-electron chi connectivity index (χ4n) is 1.65. The maximum atomic E-state index is 13.2. The van der Waals surface area contributed by atoms with E-state index < -0.39 is 0 Å². The molecule has 2 rings (SSSR count). The van der Waals surface area contributed by atoms with Crippen LogP contribution in [0, 0.1) is 11.7 Å². The van der Waals surface area contributed by atoms with E-state index in [9.17, 15) is 9.18 Å². The monoisotopic (exact) mass is 288 g/mol. The molecule has 0 fully saturated rings. The van der Waals surface area contributed by atoms with Gasteiger partial charge in [-0.1, -0.05) is 22.9 Å². The lowest BCUT2D eigenvalue weighted by Crippen LogP contribution is -2.13. The zero-order valence-electron chi connectivity index (χ0n) is 8.22. The summed E-state index contributed by atoms with van der Waals surface area (Å²) in [4.78, 5) is 11.9. The van der Waals surface area contributed by atoms with Crippen molar-refractivity contribution in [3.63, 3.8) is 0 Å². The molecule has 1 nitrogen and oxygen atoms in total. The number of halogens is 2. The highest BCUT2D eigenvalue weighted by atomic mass is 79.9. The van der Waals surface area contributed by atoms with Gasteiger partial charge in [0.1, 0.15) is 5.82 Å². The zero-order valence-corrected chi connectivity index (χ0v) is 10.6. The van der Waals surface area contributed by atoms with Crippen LogP contribution in [0.4, 0.5) is 4.39 Å². The highest BCUT2D eigenvalue weighted by Crippen LogP contribution is 2.32. The summed E-state index contributed by atoms with van der Waals surface area (Å²) in [5.74, 6) is 1.25. The Morgan fingerprint density at radius 1 is 1.53 bits per heavy atom. The number of carbonyl (C=O) groups is 1. The lowest BCUT2D eigenvalue weighted by Gasteiger charge is -2.08. The molecule has 4 heteroatoms. The minimum atomic E-state index is -0.354. The van der Waals surface area contributed by atoms with Crippen molar-refractivity contribution in [2.75, 3.05) is 5.75 Å². The van der Waals surface area contributed by atoms with Crippen molar-refractivity contribution in [2.24, 2.45) is 5.92 Å². The molecule has 0 saturated heterocycles. The first kappa shape index (κ1) is 11.1. The Kier molecular flexibility index (Phi) is 3.16. The average Bonchev–Trinajstić information content (AvgIpc) is 2.30. The van der Waals surface area contributed by atoms with Crippen LogP contribution < -0.4 is 0 Å². The summed E-state index contributed by atoms with van der Waals surface area (Å²) in [6.07, 6.45) is 0. The maximum absolute atomic E-state index is 13.2. The second kappa shape index (κ2) is 4.26. The van der Waals surface area contributed by atoms with Crippen molar-refractivity contribution in [2.45, 2.75) is 12.7 Å². The molecule has 1 aliphatic heterocycles. The predicted molar refractivity (Wildman–Crippen MR) is 63.8 cm³/mol. The Hall–Kier alpha value is -0.350. The van der Waals surface area contributed by atoms with Crippen LogP contribution in [-0.2, 0) is 5.75 Å². The lowest BCUT2D eigenvalue weighted by molar-refractivity contribution is 0.0941. The molecule has 15 heavy (non-hydrogen) atoms. The topological polar surface area (TPSA) is 17.1 Å². The Balaban J connectivity index is 2.58. The Morgan fingerprint density at radius 2 is 2.27 bits per heavy atom. The Labute approximate surface area is 101 Å². The van der Waals surface area contributed by atoms with E-state index in [-0.39, 0.29) is 17.5 Å². The molecule has 0 bridgehead atoms. The van der Waals surface area contributed by atoms with Crippen LogP contribution in [0.3, 0.4) is 0 Å². The van der Waals surface area contributed by atoms with Gasteiger partial charge in [-0.05, 0) is 17.7 Å². The van der Waals surface area contributed by atoms with Gasteiger partial charge < -0.3 is 0 Å². The van der Waals surface area contributed by atoms with Crippen molar-refractivity contribution >= 4 is 33.5 Å². The largest absolute Gasteiger partial charge is 0.294 e. The maximum Gasteiger partial charge on any atom is 0.166 e. The van der Waals surface area contributed by atoms with Crippen LogP contribution in [0.25, 0.3) is 0 Å². The van der Waals surface area contributed by atoms with E-state index in [1.54, 1.807) is 11.8 Å². The number of hydrogen-bond acceptors (Lipinski definition) is 2. The predicted octanol–water partition coefficient (Wildman–Crippen LogP) is 3.65. The molecule has 1 atom stereocenters. The number of Topliss-reactive ketones (excluding diaryl/α,β-unsaturated/α-hetero) is 1. The quantitative estimate of drug-likeness (QED) is 0.725. The molecule has 1 unspecified atom stereocenters. The third kappa shape index (κ3) is 2.11. The normalized spacial score (nSPS) is 21.0. The smallest absolute Gasteiger partial charge is 0.166 e. The summed E-state index contributed by atoms with van der Waals surface area (Å²) in [7, 11) is 0. The van der Waals surface area contributed by atoms with Gasteiger partial charge in [-0.25, -0.2) is 4.39 Å². The summed E-state index contributed by atoms with van der Waals surface area (Å²) >= 11 is 5.03. The molecule has 1 aromatic carbocycles. The Morgan fingerprint density at radius 3 is 3.00 bits per heavy atom. The Bertz CT molecular complexity index is 419. The number of rotatable bonds is 0. The fraction of sp³-hybridized carbons (Fsp3) is 0.364. The standard InChI is InChI=1S/C11H10BrFOS/c1-6-4-15-5-9-8(11(6)14)2-7(13)3-10(9)12/h2-3,6H,4-5H2,1H3. The van der Waals surface area contributed by atoms with Crippen molar-refractivity contribution in [3.8, 4) is 0 Å². The highest BCUT2D eigenvalue weighted by Gasteiger charge is 2.24. The van der Waals surface area contributed by atoms with E-state index in [1.807, 2.05) is 6.92 Å². The number of fused-ring (bicyclic) bond motifs is 1. The lowest BCUT2D eigenvalue weighted by atomic mass is 9.97. The van der Waals surface area contributed by atoms with E-state index in [0.29, 0.717) is 10.0 Å². The number of thioether (sulfide) groups is 1. The first-order chi connectivity index (χ1) is 7.09. The molecular formula is C11H10BrFOS. The van der Waals surface area contributed by atoms with Gasteiger partial charge in [-0.2, -0.15) is 11.8 Å². The van der Waals surface area contributed by atoms with Gasteiger partial charge in [0.05, 0.1) is 0 Å². The van der Waals surface area contributed by atoms with Gasteiger partial charge in [-0.3, -0.25) is 4.79 Å². The number of ketones is 1. The van der Waals surface area contributed by atoms with Crippen LogP contribution in [0.15, 0.2) is 16.6 Å². The molecule has 0 aliphatic carbocycles. The molecular weight excluding hydrogens is 279 g/mol. The average molecular weight is 289 g/mol.